The van der Waals surface area contributed by atoms with Gasteiger partial charge in [-0.15, -0.1) is 0 Å². The number of halogens is 3. The molecule has 2 rings (SSSR count). The summed E-state index contributed by atoms with van der Waals surface area (Å²) < 4.78 is 29.7. The fourth-order valence-corrected chi connectivity index (χ4v) is 1.97. The minimum atomic E-state index is -2.57. The van der Waals surface area contributed by atoms with Crippen molar-refractivity contribution in [2.75, 3.05) is 0 Å². The molecule has 0 radical (unpaired) electrons. The molecule has 1 aromatic heterocycles. The summed E-state index contributed by atoms with van der Waals surface area (Å²) in [5, 5.41) is 0.327. The molecule has 1 unspecified atom stereocenters. The highest BCUT2D eigenvalue weighted by molar-refractivity contribution is 6.29. The number of hydrogen-bond donors (Lipinski definition) is 1. The fraction of sp³-hybridized carbons (Fsp3) is 0.333. The number of nitrogens with zero attached hydrogens (tertiary/aromatic N) is 1. The third kappa shape index (κ3) is 3.20. The van der Waals surface area contributed by atoms with Crippen molar-refractivity contribution in [1.82, 2.24) is 4.98 Å². The van der Waals surface area contributed by atoms with Crippen molar-refractivity contribution >= 4 is 17.6 Å². The summed E-state index contributed by atoms with van der Waals surface area (Å²) in [5.41, 5.74) is 6.58. The molecule has 1 aliphatic rings. The van der Waals surface area contributed by atoms with Gasteiger partial charge < -0.3 is 10.5 Å². The van der Waals surface area contributed by atoms with Crippen molar-refractivity contribution in [2.24, 2.45) is 5.73 Å². The van der Waals surface area contributed by atoms with Crippen molar-refractivity contribution < 1.29 is 18.3 Å². The molecule has 2 N–H and O–H groups in total. The van der Waals surface area contributed by atoms with E-state index >= 15 is 0 Å². The van der Waals surface area contributed by atoms with Gasteiger partial charge in [0.2, 0.25) is 6.43 Å². The topological polar surface area (TPSA) is 65.2 Å². The van der Waals surface area contributed by atoms with Crippen LogP contribution in [0, 0.1) is 0 Å². The molecular weight excluding hydrogens is 278 g/mol. The first kappa shape index (κ1) is 13.7. The van der Waals surface area contributed by atoms with E-state index in [9.17, 15) is 13.6 Å². The molecule has 0 spiro atoms. The highest BCUT2D eigenvalue weighted by Crippen LogP contribution is 2.27. The molecule has 2 heterocycles. The normalized spacial score (nSPS) is 19.2. The quantitative estimate of drug-likeness (QED) is 0.680. The van der Waals surface area contributed by atoms with Gasteiger partial charge in [-0.1, -0.05) is 17.7 Å². The Bertz CT molecular complexity index is 517. The predicted molar refractivity (Wildman–Crippen MR) is 64.7 cm³/mol. The Balaban J connectivity index is 2.19. The van der Waals surface area contributed by atoms with Crippen LogP contribution in [0.5, 0.6) is 0 Å². The van der Waals surface area contributed by atoms with Crippen LogP contribution in [-0.4, -0.2) is 23.5 Å². The number of alkyl halides is 2. The van der Waals surface area contributed by atoms with Crippen LogP contribution in [0.15, 0.2) is 29.6 Å². The standard InChI is InChI=1S/C12H11ClF2N2O2/c13-9-2-1-6(5-17-9)3-7-8(4-10(14)15)19-12(18)11(7)16/h1-2,5,8,10H,3-4,16H2. The summed E-state index contributed by atoms with van der Waals surface area (Å²) >= 11 is 5.65. The van der Waals surface area contributed by atoms with Crippen molar-refractivity contribution in [2.45, 2.75) is 25.4 Å². The number of esters is 1. The average molecular weight is 289 g/mol. The number of hydrogen-bond acceptors (Lipinski definition) is 4. The average Bonchev–Trinajstić information content (AvgIpc) is 2.59. The third-order valence-corrected chi connectivity index (χ3v) is 3.00. The van der Waals surface area contributed by atoms with Gasteiger partial charge in [0.1, 0.15) is 17.0 Å². The minimum absolute atomic E-state index is 0.0967. The first-order chi connectivity index (χ1) is 8.97. The summed E-state index contributed by atoms with van der Waals surface area (Å²) in [6, 6.07) is 3.27. The van der Waals surface area contributed by atoms with Crippen LogP contribution in [0.25, 0.3) is 0 Å². The van der Waals surface area contributed by atoms with E-state index in [0.717, 1.165) is 5.56 Å². The maximum Gasteiger partial charge on any atom is 0.354 e. The number of ether oxygens (including phenoxy) is 1. The highest BCUT2D eigenvalue weighted by atomic mass is 35.5. The lowest BCUT2D eigenvalue weighted by Gasteiger charge is -2.13. The molecule has 0 amide bonds. The second kappa shape index (κ2) is 5.52. The van der Waals surface area contributed by atoms with Crippen molar-refractivity contribution in [3.05, 3.63) is 40.3 Å². The second-order valence-electron chi connectivity index (χ2n) is 4.13. The van der Waals surface area contributed by atoms with Gasteiger partial charge in [0.25, 0.3) is 0 Å². The van der Waals surface area contributed by atoms with E-state index in [-0.39, 0.29) is 12.1 Å². The smallest absolute Gasteiger partial charge is 0.354 e. The SMILES string of the molecule is NC1=C(Cc2ccc(Cl)nc2)C(CC(F)F)OC1=O. The lowest BCUT2D eigenvalue weighted by atomic mass is 9.99. The number of pyridine rings is 1. The molecule has 4 nitrogen and oxygen atoms in total. The van der Waals surface area contributed by atoms with Gasteiger partial charge in [-0.2, -0.15) is 0 Å². The van der Waals surface area contributed by atoms with Crippen LogP contribution in [0.2, 0.25) is 5.15 Å². The van der Waals surface area contributed by atoms with E-state index in [0.29, 0.717) is 10.7 Å². The fourth-order valence-electron chi connectivity index (χ4n) is 1.86. The molecule has 1 atom stereocenters. The first-order valence-corrected chi connectivity index (χ1v) is 5.93. The third-order valence-electron chi connectivity index (χ3n) is 2.78. The Labute approximate surface area is 113 Å². The van der Waals surface area contributed by atoms with Crippen molar-refractivity contribution in [3.63, 3.8) is 0 Å². The van der Waals surface area contributed by atoms with Gasteiger partial charge in [0.15, 0.2) is 0 Å². The van der Waals surface area contributed by atoms with E-state index < -0.39 is 24.9 Å². The zero-order chi connectivity index (χ0) is 14.0. The summed E-state index contributed by atoms with van der Waals surface area (Å²) in [5.74, 6) is -0.748. The van der Waals surface area contributed by atoms with E-state index in [1.54, 1.807) is 12.1 Å². The summed E-state index contributed by atoms with van der Waals surface area (Å²) in [7, 11) is 0. The molecule has 1 aromatic rings. The monoisotopic (exact) mass is 288 g/mol. The van der Waals surface area contributed by atoms with Gasteiger partial charge in [0.05, 0.1) is 0 Å². The van der Waals surface area contributed by atoms with Crippen molar-refractivity contribution in [1.29, 1.82) is 0 Å². The summed E-state index contributed by atoms with van der Waals surface area (Å²) in [4.78, 5) is 15.2. The Morgan fingerprint density at radius 1 is 1.47 bits per heavy atom. The Morgan fingerprint density at radius 2 is 2.21 bits per heavy atom. The van der Waals surface area contributed by atoms with E-state index in [1.165, 1.54) is 6.20 Å². The van der Waals surface area contributed by atoms with Crippen molar-refractivity contribution in [3.8, 4) is 0 Å². The molecule has 0 saturated carbocycles. The van der Waals surface area contributed by atoms with E-state index in [4.69, 9.17) is 22.1 Å². The van der Waals surface area contributed by atoms with Crippen LogP contribution in [-0.2, 0) is 16.0 Å². The molecule has 1 aliphatic heterocycles. The largest absolute Gasteiger partial charge is 0.453 e. The lowest BCUT2D eigenvalue weighted by Crippen LogP contribution is -2.17. The predicted octanol–water partition coefficient (Wildman–Crippen LogP) is 2.07. The Kier molecular flexibility index (Phi) is 3.99. The molecule has 0 fully saturated rings. The second-order valence-corrected chi connectivity index (χ2v) is 4.51. The Hall–Kier alpha value is -1.69. The van der Waals surface area contributed by atoms with Crippen LogP contribution in [0.3, 0.4) is 0 Å². The van der Waals surface area contributed by atoms with Crippen LogP contribution >= 0.6 is 11.6 Å². The zero-order valence-electron chi connectivity index (χ0n) is 9.78. The van der Waals surface area contributed by atoms with Crippen LogP contribution in [0.1, 0.15) is 12.0 Å². The van der Waals surface area contributed by atoms with E-state index in [1.807, 2.05) is 0 Å². The minimum Gasteiger partial charge on any atom is -0.453 e. The molecule has 7 heteroatoms. The molecule has 0 bridgehead atoms. The number of cyclic esters (lactones) is 1. The highest BCUT2D eigenvalue weighted by Gasteiger charge is 2.34. The molecule has 102 valence electrons. The van der Waals surface area contributed by atoms with Crippen LogP contribution in [0.4, 0.5) is 8.78 Å². The molecule has 0 aromatic carbocycles. The van der Waals surface area contributed by atoms with Gasteiger partial charge in [-0.25, -0.2) is 18.6 Å². The Morgan fingerprint density at radius 3 is 2.79 bits per heavy atom. The maximum atomic E-state index is 12.4. The van der Waals surface area contributed by atoms with Gasteiger partial charge in [0, 0.05) is 24.6 Å². The van der Waals surface area contributed by atoms with Gasteiger partial charge in [-0.3, -0.25) is 0 Å². The maximum absolute atomic E-state index is 12.4. The zero-order valence-corrected chi connectivity index (χ0v) is 10.5. The molecular formula is C12H11ClF2N2O2. The number of carbonyl (C=O) groups excluding carboxylic acids is 1. The summed E-state index contributed by atoms with van der Waals surface area (Å²) in [6.45, 7) is 0. The van der Waals surface area contributed by atoms with Gasteiger partial charge >= 0.3 is 5.97 Å². The van der Waals surface area contributed by atoms with Crippen LogP contribution < -0.4 is 5.73 Å². The van der Waals surface area contributed by atoms with E-state index in [2.05, 4.69) is 4.98 Å². The number of rotatable bonds is 4. The molecule has 0 saturated heterocycles. The number of nitrogens with two attached hydrogens (primary N) is 1. The molecule has 0 aliphatic carbocycles. The molecule has 19 heavy (non-hydrogen) atoms. The number of aromatic nitrogens is 1. The first-order valence-electron chi connectivity index (χ1n) is 5.55. The summed E-state index contributed by atoms with van der Waals surface area (Å²) in [6.07, 6.45) is -2.35. The lowest BCUT2D eigenvalue weighted by molar-refractivity contribution is -0.141. The number of carbonyl (C=O) groups is 1. The van der Waals surface area contributed by atoms with Gasteiger partial charge in [-0.05, 0) is 11.6 Å².